The van der Waals surface area contributed by atoms with Crippen LogP contribution in [-0.2, 0) is 16.1 Å². The molecule has 0 aromatic heterocycles. The predicted octanol–water partition coefficient (Wildman–Crippen LogP) is 2.91. The van der Waals surface area contributed by atoms with Gasteiger partial charge in [0.25, 0.3) is 0 Å². The molecule has 0 aliphatic carbocycles. The number of hydrogen-bond acceptors (Lipinski definition) is 5. The minimum Gasteiger partial charge on any atom is -0.406 e. The Morgan fingerprint density at radius 3 is 2.09 bits per heavy atom. The number of halogens is 4. The van der Waals surface area contributed by atoms with Gasteiger partial charge in [-0.15, -0.1) is 13.2 Å². The van der Waals surface area contributed by atoms with Gasteiger partial charge < -0.3 is 15.4 Å². The minimum absolute atomic E-state index is 0.130. The summed E-state index contributed by atoms with van der Waals surface area (Å²) in [5.41, 5.74) is 1.72. The van der Waals surface area contributed by atoms with Crippen LogP contribution in [-0.4, -0.2) is 67.2 Å². The number of anilines is 1. The average Bonchev–Trinajstić information content (AvgIpc) is 2.76. The molecule has 7 nitrogen and oxygen atoms in total. The van der Waals surface area contributed by atoms with Crippen molar-refractivity contribution in [2.75, 3.05) is 44.6 Å². The molecule has 2 N–H and O–H groups in total. The van der Waals surface area contributed by atoms with Crippen molar-refractivity contribution in [2.45, 2.75) is 19.8 Å². The van der Waals surface area contributed by atoms with Crippen LogP contribution in [0.1, 0.15) is 11.1 Å². The molecule has 184 valence electrons. The fourth-order valence-corrected chi connectivity index (χ4v) is 3.53. The van der Waals surface area contributed by atoms with Crippen LogP contribution in [0.2, 0.25) is 0 Å². The van der Waals surface area contributed by atoms with Gasteiger partial charge in [0.2, 0.25) is 11.8 Å². The van der Waals surface area contributed by atoms with E-state index in [0.29, 0.717) is 44.0 Å². The molecule has 0 radical (unpaired) electrons. The number of piperazine rings is 1. The van der Waals surface area contributed by atoms with Crippen LogP contribution in [0.25, 0.3) is 0 Å². The van der Waals surface area contributed by atoms with E-state index in [1.54, 1.807) is 19.1 Å². The first-order chi connectivity index (χ1) is 16.1. The molecular formula is C23H26F4N4O3. The van der Waals surface area contributed by atoms with E-state index >= 15 is 0 Å². The zero-order valence-corrected chi connectivity index (χ0v) is 18.6. The van der Waals surface area contributed by atoms with Crippen molar-refractivity contribution in [3.63, 3.8) is 0 Å². The van der Waals surface area contributed by atoms with Crippen molar-refractivity contribution in [1.82, 2.24) is 15.1 Å². The molecule has 1 fully saturated rings. The molecule has 1 saturated heterocycles. The Balaban J connectivity index is 1.35. The molecule has 0 unspecified atom stereocenters. The number of alkyl halides is 3. The second-order valence-corrected chi connectivity index (χ2v) is 8.03. The van der Waals surface area contributed by atoms with Gasteiger partial charge in [-0.05, 0) is 48.4 Å². The van der Waals surface area contributed by atoms with Crippen molar-refractivity contribution in [3.8, 4) is 5.75 Å². The molecule has 3 rings (SSSR count). The maximum Gasteiger partial charge on any atom is 0.573 e. The number of carbonyl (C=O) groups excluding carboxylic acids is 2. The van der Waals surface area contributed by atoms with Gasteiger partial charge in [0.15, 0.2) is 0 Å². The third-order valence-electron chi connectivity index (χ3n) is 5.28. The number of nitrogens with zero attached hydrogens (tertiary/aromatic N) is 2. The van der Waals surface area contributed by atoms with Gasteiger partial charge >= 0.3 is 6.36 Å². The lowest BCUT2D eigenvalue weighted by molar-refractivity contribution is -0.274. The van der Waals surface area contributed by atoms with Gasteiger partial charge in [-0.1, -0.05) is 12.1 Å². The van der Waals surface area contributed by atoms with Gasteiger partial charge in [-0.3, -0.25) is 19.4 Å². The van der Waals surface area contributed by atoms with E-state index in [4.69, 9.17) is 0 Å². The number of hydrogen-bond donors (Lipinski definition) is 2. The van der Waals surface area contributed by atoms with E-state index in [1.165, 1.54) is 18.2 Å². The lowest BCUT2D eigenvalue weighted by atomic mass is 10.1. The largest absolute Gasteiger partial charge is 0.573 e. The second-order valence-electron chi connectivity index (χ2n) is 8.03. The molecule has 0 atom stereocenters. The minimum atomic E-state index is -4.77. The van der Waals surface area contributed by atoms with Crippen LogP contribution >= 0.6 is 0 Å². The summed E-state index contributed by atoms with van der Waals surface area (Å²) < 4.78 is 53.8. The number of ether oxygens (including phenoxy) is 1. The summed E-state index contributed by atoms with van der Waals surface area (Å²) in [4.78, 5) is 28.4. The van der Waals surface area contributed by atoms with Crippen LogP contribution in [0, 0.1) is 12.7 Å². The molecule has 2 aromatic carbocycles. The van der Waals surface area contributed by atoms with Crippen molar-refractivity contribution in [3.05, 3.63) is 59.4 Å². The summed E-state index contributed by atoms with van der Waals surface area (Å²) in [6, 6.07) is 9.64. The van der Waals surface area contributed by atoms with E-state index in [1.807, 2.05) is 9.80 Å². The van der Waals surface area contributed by atoms with Gasteiger partial charge in [-0.25, -0.2) is 4.39 Å². The Morgan fingerprint density at radius 1 is 0.941 bits per heavy atom. The molecule has 2 aromatic rings. The van der Waals surface area contributed by atoms with Crippen molar-refractivity contribution in [2.24, 2.45) is 0 Å². The van der Waals surface area contributed by atoms with E-state index in [0.717, 1.165) is 17.7 Å². The fraction of sp³-hybridized carbons (Fsp3) is 0.391. The van der Waals surface area contributed by atoms with Gasteiger partial charge in [0.05, 0.1) is 13.1 Å². The predicted molar refractivity (Wildman–Crippen MR) is 118 cm³/mol. The third-order valence-corrected chi connectivity index (χ3v) is 5.28. The highest BCUT2D eigenvalue weighted by atomic mass is 19.4. The van der Waals surface area contributed by atoms with Crippen molar-refractivity contribution in [1.29, 1.82) is 0 Å². The molecule has 2 amide bonds. The summed E-state index contributed by atoms with van der Waals surface area (Å²) in [5.74, 6) is -1.06. The SMILES string of the molecule is Cc1cc(CNC(=O)CN2CCN(CC(=O)Nc3ccc(OC(F)(F)F)cc3)CC2)ccc1F. The Labute approximate surface area is 194 Å². The Bertz CT molecular complexity index is 991. The zero-order chi connectivity index (χ0) is 24.7. The third kappa shape index (κ3) is 8.31. The standard InChI is InChI=1S/C23H26F4N4O3/c1-16-12-17(2-7-20(16)24)13-28-21(32)14-30-8-10-31(11-9-30)15-22(33)29-18-3-5-19(6-4-18)34-23(25,26)27/h2-7,12H,8-11,13-15H2,1H3,(H,28,32)(H,29,33). The molecule has 34 heavy (non-hydrogen) atoms. The Kier molecular flexibility index (Phi) is 8.46. The van der Waals surface area contributed by atoms with Gasteiger partial charge in [-0.2, -0.15) is 0 Å². The van der Waals surface area contributed by atoms with Crippen LogP contribution in [0.15, 0.2) is 42.5 Å². The molecule has 0 saturated carbocycles. The number of aryl methyl sites for hydroxylation is 1. The second kappa shape index (κ2) is 11.3. The molecule has 0 spiro atoms. The smallest absolute Gasteiger partial charge is 0.406 e. The topological polar surface area (TPSA) is 73.9 Å². The van der Waals surface area contributed by atoms with Crippen LogP contribution in [0.5, 0.6) is 5.75 Å². The lowest BCUT2D eigenvalue weighted by Gasteiger charge is -2.33. The van der Waals surface area contributed by atoms with Crippen molar-refractivity contribution >= 4 is 17.5 Å². The highest BCUT2D eigenvalue weighted by molar-refractivity contribution is 5.92. The highest BCUT2D eigenvalue weighted by Crippen LogP contribution is 2.24. The van der Waals surface area contributed by atoms with Crippen LogP contribution < -0.4 is 15.4 Å². The zero-order valence-electron chi connectivity index (χ0n) is 18.6. The first kappa shape index (κ1) is 25.4. The van der Waals surface area contributed by atoms with Gasteiger partial charge in [0, 0.05) is 38.4 Å². The summed E-state index contributed by atoms with van der Waals surface area (Å²) in [6.07, 6.45) is -4.77. The summed E-state index contributed by atoms with van der Waals surface area (Å²) in [7, 11) is 0. The van der Waals surface area contributed by atoms with E-state index in [-0.39, 0.29) is 36.5 Å². The highest BCUT2D eigenvalue weighted by Gasteiger charge is 2.31. The molecule has 1 aliphatic heterocycles. The first-order valence-corrected chi connectivity index (χ1v) is 10.7. The molecule has 1 aliphatic rings. The van der Waals surface area contributed by atoms with E-state index in [2.05, 4.69) is 15.4 Å². The quantitative estimate of drug-likeness (QED) is 0.567. The molecular weight excluding hydrogens is 456 g/mol. The number of amides is 2. The van der Waals surface area contributed by atoms with Gasteiger partial charge in [0.1, 0.15) is 11.6 Å². The summed E-state index contributed by atoms with van der Waals surface area (Å²) >= 11 is 0. The van der Waals surface area contributed by atoms with E-state index in [9.17, 15) is 27.2 Å². The lowest BCUT2D eigenvalue weighted by Crippen LogP contribution is -2.50. The first-order valence-electron chi connectivity index (χ1n) is 10.7. The average molecular weight is 482 g/mol. The monoisotopic (exact) mass is 482 g/mol. The maximum absolute atomic E-state index is 13.3. The number of carbonyl (C=O) groups is 2. The molecule has 11 heteroatoms. The van der Waals surface area contributed by atoms with Crippen molar-refractivity contribution < 1.29 is 31.9 Å². The number of benzene rings is 2. The fourth-order valence-electron chi connectivity index (χ4n) is 3.53. The Morgan fingerprint density at radius 2 is 1.53 bits per heavy atom. The molecule has 1 heterocycles. The van der Waals surface area contributed by atoms with E-state index < -0.39 is 6.36 Å². The van der Waals surface area contributed by atoms with Crippen LogP contribution in [0.4, 0.5) is 23.2 Å². The normalized spacial score (nSPS) is 15.1. The Hall–Kier alpha value is -3.18. The number of nitrogens with one attached hydrogen (secondary N) is 2. The maximum atomic E-state index is 13.3. The number of rotatable bonds is 8. The summed E-state index contributed by atoms with van der Waals surface area (Å²) in [6.45, 7) is 4.76. The van der Waals surface area contributed by atoms with Crippen LogP contribution in [0.3, 0.4) is 0 Å². The molecule has 0 bridgehead atoms. The summed E-state index contributed by atoms with van der Waals surface area (Å²) in [5, 5.41) is 5.47.